The van der Waals surface area contributed by atoms with Crippen LogP contribution in [0.4, 0.5) is 0 Å². The molecule has 1 aliphatic heterocycles. The van der Waals surface area contributed by atoms with Gasteiger partial charge in [0.15, 0.2) is 6.29 Å². The number of hydrogen-bond acceptors (Lipinski definition) is 4. The Bertz CT molecular complexity index is 734. The number of carbonyl (C=O) groups excluding carboxylic acids is 2. The number of aliphatic hydroxyl groups is 2. The summed E-state index contributed by atoms with van der Waals surface area (Å²) in [6.45, 7) is -0.0266. The number of benzene rings is 2. The third-order valence-corrected chi connectivity index (χ3v) is 4.24. The molecule has 2 aromatic carbocycles. The third kappa shape index (κ3) is 2.25. The Labute approximate surface area is 128 Å². The Morgan fingerprint density at radius 2 is 1.71 bits per heavy atom. The van der Waals surface area contributed by atoms with Gasteiger partial charge in [0.1, 0.15) is 0 Å². The molecule has 0 saturated carbocycles. The number of hydrogen-bond donors (Lipinski definition) is 2. The van der Waals surface area contributed by atoms with Gasteiger partial charge in [0.2, 0.25) is 0 Å². The Morgan fingerprint density at radius 1 is 1.05 bits per heavy atom. The van der Waals surface area contributed by atoms with Crippen LogP contribution in [0.2, 0.25) is 0 Å². The van der Waals surface area contributed by atoms with Crippen molar-refractivity contribution >= 4 is 38.5 Å². The van der Waals surface area contributed by atoms with Crippen molar-refractivity contribution in [3.05, 3.63) is 45.9 Å². The predicted octanol–water partition coefficient (Wildman–Crippen LogP) is 1.90. The van der Waals surface area contributed by atoms with Crippen LogP contribution in [0, 0.1) is 0 Å². The number of aliphatic hydroxyl groups excluding tert-OH is 1. The number of nitrogens with zero attached hydrogens (tertiary/aromatic N) is 1. The first-order chi connectivity index (χ1) is 10.0. The van der Waals surface area contributed by atoms with E-state index < -0.39 is 18.1 Å². The molecular formula is C15H12BrNO4. The van der Waals surface area contributed by atoms with Crippen LogP contribution in [0.5, 0.6) is 0 Å². The van der Waals surface area contributed by atoms with E-state index in [0.717, 1.165) is 14.8 Å². The van der Waals surface area contributed by atoms with Gasteiger partial charge in [-0.1, -0.05) is 28.1 Å². The van der Waals surface area contributed by atoms with E-state index >= 15 is 0 Å². The van der Waals surface area contributed by atoms with Gasteiger partial charge in [0, 0.05) is 34.0 Å². The van der Waals surface area contributed by atoms with Crippen molar-refractivity contribution in [2.75, 3.05) is 6.54 Å². The van der Waals surface area contributed by atoms with Crippen molar-refractivity contribution in [2.24, 2.45) is 0 Å². The smallest absolute Gasteiger partial charge is 0.261 e. The second kappa shape index (κ2) is 5.22. The molecular weight excluding hydrogens is 338 g/mol. The van der Waals surface area contributed by atoms with E-state index in [4.69, 9.17) is 10.2 Å². The number of imide groups is 1. The van der Waals surface area contributed by atoms with Gasteiger partial charge in [-0.15, -0.1) is 0 Å². The highest BCUT2D eigenvalue weighted by Crippen LogP contribution is 2.34. The van der Waals surface area contributed by atoms with Gasteiger partial charge in [0.25, 0.3) is 11.8 Å². The molecule has 1 aliphatic rings. The average molecular weight is 350 g/mol. The zero-order valence-corrected chi connectivity index (χ0v) is 12.5. The van der Waals surface area contributed by atoms with Crippen molar-refractivity contribution in [1.82, 2.24) is 4.90 Å². The lowest BCUT2D eigenvalue weighted by molar-refractivity contribution is -0.0478. The summed E-state index contributed by atoms with van der Waals surface area (Å²) in [5, 5.41) is 19.3. The summed E-state index contributed by atoms with van der Waals surface area (Å²) in [5.41, 5.74) is 0.909. The van der Waals surface area contributed by atoms with Gasteiger partial charge in [-0.25, -0.2) is 0 Å². The molecule has 0 unspecified atom stereocenters. The first-order valence-corrected chi connectivity index (χ1v) is 7.23. The molecule has 2 aromatic rings. The highest BCUT2D eigenvalue weighted by molar-refractivity contribution is 9.10. The SMILES string of the molecule is O=C1c2cccc3c(Br)ccc(c23)C(=O)N1CCC(O)O. The fraction of sp³-hybridized carbons (Fsp3) is 0.200. The molecule has 0 aliphatic carbocycles. The molecule has 6 heteroatoms. The minimum absolute atomic E-state index is 0.0266. The molecule has 108 valence electrons. The van der Waals surface area contributed by atoms with Gasteiger partial charge < -0.3 is 10.2 Å². The summed E-state index contributed by atoms with van der Waals surface area (Å²) >= 11 is 3.42. The van der Waals surface area contributed by atoms with E-state index in [1.807, 2.05) is 6.07 Å². The van der Waals surface area contributed by atoms with E-state index in [2.05, 4.69) is 15.9 Å². The highest BCUT2D eigenvalue weighted by Gasteiger charge is 2.32. The second-order valence-corrected chi connectivity index (χ2v) is 5.71. The molecule has 0 fully saturated rings. The predicted molar refractivity (Wildman–Crippen MR) is 79.9 cm³/mol. The molecule has 21 heavy (non-hydrogen) atoms. The Balaban J connectivity index is 2.15. The standard InChI is InChI=1S/C15H12BrNO4/c16-11-5-4-10-13-8(11)2-1-3-9(13)14(20)17(15(10)21)7-6-12(18)19/h1-5,12,18-19H,6-7H2. The molecule has 0 saturated heterocycles. The van der Waals surface area contributed by atoms with Gasteiger partial charge in [-0.3, -0.25) is 14.5 Å². The van der Waals surface area contributed by atoms with E-state index in [1.54, 1.807) is 24.3 Å². The Kier molecular flexibility index (Phi) is 3.52. The van der Waals surface area contributed by atoms with Crippen LogP contribution in [0.25, 0.3) is 10.8 Å². The third-order valence-electron chi connectivity index (χ3n) is 3.55. The Hall–Kier alpha value is -1.76. The summed E-state index contributed by atoms with van der Waals surface area (Å²) in [6.07, 6.45) is -1.62. The van der Waals surface area contributed by atoms with Crippen LogP contribution < -0.4 is 0 Å². The zero-order chi connectivity index (χ0) is 15.1. The van der Waals surface area contributed by atoms with Crippen LogP contribution in [0.3, 0.4) is 0 Å². The lowest BCUT2D eigenvalue weighted by atomic mass is 9.94. The summed E-state index contributed by atoms with van der Waals surface area (Å²) in [6, 6.07) is 8.73. The van der Waals surface area contributed by atoms with E-state index in [9.17, 15) is 9.59 Å². The second-order valence-electron chi connectivity index (χ2n) is 4.85. The molecule has 1 heterocycles. The van der Waals surface area contributed by atoms with Crippen LogP contribution in [0.1, 0.15) is 27.1 Å². The minimum atomic E-state index is -1.55. The lowest BCUT2D eigenvalue weighted by Crippen LogP contribution is -2.41. The molecule has 3 rings (SSSR count). The maximum atomic E-state index is 12.5. The topological polar surface area (TPSA) is 77.8 Å². The largest absolute Gasteiger partial charge is 0.368 e. The maximum Gasteiger partial charge on any atom is 0.261 e. The van der Waals surface area contributed by atoms with Crippen LogP contribution >= 0.6 is 15.9 Å². The normalized spacial score (nSPS) is 14.4. The van der Waals surface area contributed by atoms with E-state index in [1.165, 1.54) is 0 Å². The van der Waals surface area contributed by atoms with Crippen LogP contribution in [0.15, 0.2) is 34.8 Å². The van der Waals surface area contributed by atoms with Crippen molar-refractivity contribution in [2.45, 2.75) is 12.7 Å². The average Bonchev–Trinajstić information content (AvgIpc) is 2.45. The molecule has 2 N–H and O–H groups in total. The number of rotatable bonds is 3. The van der Waals surface area contributed by atoms with Crippen molar-refractivity contribution in [1.29, 1.82) is 0 Å². The van der Waals surface area contributed by atoms with Crippen LogP contribution in [-0.2, 0) is 0 Å². The first kappa shape index (κ1) is 14.2. The highest BCUT2D eigenvalue weighted by atomic mass is 79.9. The summed E-state index contributed by atoms with van der Waals surface area (Å²) in [5.74, 6) is -0.811. The van der Waals surface area contributed by atoms with E-state index in [-0.39, 0.29) is 13.0 Å². The summed E-state index contributed by atoms with van der Waals surface area (Å²) in [7, 11) is 0. The minimum Gasteiger partial charge on any atom is -0.368 e. The first-order valence-electron chi connectivity index (χ1n) is 6.44. The molecule has 0 radical (unpaired) electrons. The molecule has 5 nitrogen and oxygen atoms in total. The fourth-order valence-electron chi connectivity index (χ4n) is 2.56. The van der Waals surface area contributed by atoms with Gasteiger partial charge in [-0.05, 0) is 23.6 Å². The van der Waals surface area contributed by atoms with Crippen molar-refractivity contribution in [3.63, 3.8) is 0 Å². The number of carbonyl (C=O) groups is 2. The summed E-state index contributed by atoms with van der Waals surface area (Å²) in [4.78, 5) is 26.0. The molecule has 0 spiro atoms. The molecule has 0 bridgehead atoms. The lowest BCUT2D eigenvalue weighted by Gasteiger charge is -2.27. The number of halogens is 1. The van der Waals surface area contributed by atoms with Gasteiger partial charge in [-0.2, -0.15) is 0 Å². The van der Waals surface area contributed by atoms with Gasteiger partial charge in [0.05, 0.1) is 0 Å². The summed E-state index contributed by atoms with van der Waals surface area (Å²) < 4.78 is 0.822. The fourth-order valence-corrected chi connectivity index (χ4v) is 3.02. The quantitative estimate of drug-likeness (QED) is 0.655. The maximum absolute atomic E-state index is 12.5. The van der Waals surface area contributed by atoms with Crippen molar-refractivity contribution < 1.29 is 19.8 Å². The van der Waals surface area contributed by atoms with Crippen LogP contribution in [-0.4, -0.2) is 39.8 Å². The van der Waals surface area contributed by atoms with E-state index in [0.29, 0.717) is 16.5 Å². The number of amides is 2. The molecule has 2 amide bonds. The Morgan fingerprint density at radius 3 is 2.38 bits per heavy atom. The molecule has 0 aromatic heterocycles. The molecule has 0 atom stereocenters. The van der Waals surface area contributed by atoms with Gasteiger partial charge >= 0.3 is 0 Å². The monoisotopic (exact) mass is 349 g/mol. The zero-order valence-electron chi connectivity index (χ0n) is 10.9. The van der Waals surface area contributed by atoms with Crippen molar-refractivity contribution in [3.8, 4) is 0 Å².